The predicted octanol–water partition coefficient (Wildman–Crippen LogP) is 2.46. The SMILES string of the molecule is COc1cccc(OCCNC(=O)C(C)(C)CCl)c1OC. The second-order valence-electron chi connectivity index (χ2n) is 5.11. The van der Waals surface area contributed by atoms with Gasteiger partial charge in [-0.2, -0.15) is 0 Å². The zero-order chi connectivity index (χ0) is 15.9. The Labute approximate surface area is 130 Å². The Balaban J connectivity index is 2.52. The van der Waals surface area contributed by atoms with Crippen LogP contribution >= 0.6 is 11.6 Å². The molecule has 0 unspecified atom stereocenters. The average molecular weight is 316 g/mol. The first-order valence-electron chi connectivity index (χ1n) is 6.64. The van der Waals surface area contributed by atoms with Gasteiger partial charge in [-0.25, -0.2) is 0 Å². The lowest BCUT2D eigenvalue weighted by molar-refractivity contribution is -0.128. The number of para-hydroxylation sites is 1. The number of amides is 1. The fourth-order valence-electron chi connectivity index (χ4n) is 1.60. The molecule has 0 spiro atoms. The molecular formula is C15H22ClNO4. The number of hydrogen-bond acceptors (Lipinski definition) is 4. The molecule has 0 bridgehead atoms. The maximum atomic E-state index is 11.8. The van der Waals surface area contributed by atoms with Crippen LogP contribution < -0.4 is 19.5 Å². The number of nitrogens with one attached hydrogen (secondary N) is 1. The monoisotopic (exact) mass is 315 g/mol. The number of benzene rings is 1. The first kappa shape index (κ1) is 17.4. The highest BCUT2D eigenvalue weighted by atomic mass is 35.5. The van der Waals surface area contributed by atoms with Crippen LogP contribution in [0.5, 0.6) is 17.2 Å². The molecule has 118 valence electrons. The number of carbonyl (C=O) groups excluding carboxylic acids is 1. The molecule has 5 nitrogen and oxygen atoms in total. The van der Waals surface area contributed by atoms with Crippen molar-refractivity contribution >= 4 is 17.5 Å². The van der Waals surface area contributed by atoms with Gasteiger partial charge >= 0.3 is 0 Å². The molecule has 0 atom stereocenters. The molecular weight excluding hydrogens is 294 g/mol. The standard InChI is InChI=1S/C15H22ClNO4/c1-15(2,10-16)14(18)17-8-9-21-12-7-5-6-11(19-3)13(12)20-4/h5-7H,8-10H2,1-4H3,(H,17,18). The molecule has 0 fully saturated rings. The summed E-state index contributed by atoms with van der Waals surface area (Å²) in [5.74, 6) is 1.87. The van der Waals surface area contributed by atoms with E-state index in [1.54, 1.807) is 40.2 Å². The molecule has 0 aromatic heterocycles. The van der Waals surface area contributed by atoms with Gasteiger partial charge in [-0.1, -0.05) is 6.07 Å². The Bertz CT molecular complexity index is 477. The van der Waals surface area contributed by atoms with Crippen LogP contribution in [0.4, 0.5) is 0 Å². The molecule has 0 aliphatic carbocycles. The van der Waals surface area contributed by atoms with Gasteiger partial charge in [0.15, 0.2) is 11.5 Å². The van der Waals surface area contributed by atoms with E-state index in [4.69, 9.17) is 25.8 Å². The molecule has 1 N–H and O–H groups in total. The summed E-state index contributed by atoms with van der Waals surface area (Å²) >= 11 is 5.75. The van der Waals surface area contributed by atoms with Gasteiger partial charge < -0.3 is 19.5 Å². The molecule has 6 heteroatoms. The summed E-state index contributed by atoms with van der Waals surface area (Å²) in [5, 5.41) is 2.79. The van der Waals surface area contributed by atoms with Crippen LogP contribution in [0.2, 0.25) is 0 Å². The second-order valence-corrected chi connectivity index (χ2v) is 5.38. The maximum absolute atomic E-state index is 11.8. The normalized spacial score (nSPS) is 10.9. The minimum atomic E-state index is -0.588. The van der Waals surface area contributed by atoms with Crippen molar-refractivity contribution in [1.29, 1.82) is 0 Å². The number of rotatable bonds is 8. The summed E-state index contributed by atoms with van der Waals surface area (Å²) in [7, 11) is 3.12. The number of alkyl halides is 1. The lowest BCUT2D eigenvalue weighted by atomic mass is 9.95. The van der Waals surface area contributed by atoms with Crippen LogP contribution in [0.15, 0.2) is 18.2 Å². The van der Waals surface area contributed by atoms with Gasteiger partial charge in [0.25, 0.3) is 0 Å². The van der Waals surface area contributed by atoms with Gasteiger partial charge in [0.1, 0.15) is 6.61 Å². The highest BCUT2D eigenvalue weighted by molar-refractivity contribution is 6.19. The Hall–Kier alpha value is -1.62. The third kappa shape index (κ3) is 4.70. The fraction of sp³-hybridized carbons (Fsp3) is 0.533. The van der Waals surface area contributed by atoms with Crippen LogP contribution in [0.3, 0.4) is 0 Å². The van der Waals surface area contributed by atoms with Crippen molar-refractivity contribution < 1.29 is 19.0 Å². The average Bonchev–Trinajstić information content (AvgIpc) is 2.50. The molecule has 0 aliphatic heterocycles. The largest absolute Gasteiger partial charge is 0.493 e. The van der Waals surface area contributed by atoms with Crippen LogP contribution in [-0.2, 0) is 4.79 Å². The highest BCUT2D eigenvalue weighted by Crippen LogP contribution is 2.36. The minimum Gasteiger partial charge on any atom is -0.493 e. The highest BCUT2D eigenvalue weighted by Gasteiger charge is 2.25. The zero-order valence-corrected chi connectivity index (χ0v) is 13.6. The Morgan fingerprint density at radius 1 is 1.24 bits per heavy atom. The van der Waals surface area contributed by atoms with Gasteiger partial charge in [0.05, 0.1) is 26.2 Å². The van der Waals surface area contributed by atoms with Crippen LogP contribution in [0.25, 0.3) is 0 Å². The third-order valence-corrected chi connectivity index (χ3v) is 3.63. The van der Waals surface area contributed by atoms with Crippen molar-refractivity contribution in [3.8, 4) is 17.2 Å². The van der Waals surface area contributed by atoms with Crippen LogP contribution in [-0.4, -0.2) is 39.2 Å². The molecule has 0 aliphatic rings. The van der Waals surface area contributed by atoms with E-state index >= 15 is 0 Å². The molecule has 0 saturated heterocycles. The van der Waals surface area contributed by atoms with Crippen molar-refractivity contribution in [2.45, 2.75) is 13.8 Å². The second kappa shape index (κ2) is 7.98. The van der Waals surface area contributed by atoms with E-state index in [2.05, 4.69) is 5.32 Å². The first-order valence-corrected chi connectivity index (χ1v) is 7.17. The van der Waals surface area contributed by atoms with Crippen molar-refractivity contribution in [2.75, 3.05) is 33.3 Å². The quantitative estimate of drug-likeness (QED) is 0.591. The Kier molecular flexibility index (Phi) is 6.62. The van der Waals surface area contributed by atoms with Gasteiger partial charge in [0, 0.05) is 5.88 Å². The van der Waals surface area contributed by atoms with Gasteiger partial charge in [-0.05, 0) is 26.0 Å². The topological polar surface area (TPSA) is 56.8 Å². The Morgan fingerprint density at radius 2 is 1.90 bits per heavy atom. The van der Waals surface area contributed by atoms with E-state index < -0.39 is 5.41 Å². The van der Waals surface area contributed by atoms with Crippen molar-refractivity contribution in [1.82, 2.24) is 5.32 Å². The van der Waals surface area contributed by atoms with E-state index in [-0.39, 0.29) is 11.8 Å². The van der Waals surface area contributed by atoms with E-state index in [1.807, 2.05) is 6.07 Å². The van der Waals surface area contributed by atoms with E-state index in [0.29, 0.717) is 30.4 Å². The zero-order valence-electron chi connectivity index (χ0n) is 12.9. The molecule has 1 aromatic carbocycles. The van der Waals surface area contributed by atoms with E-state index in [0.717, 1.165) is 0 Å². The van der Waals surface area contributed by atoms with Crippen molar-refractivity contribution in [3.63, 3.8) is 0 Å². The maximum Gasteiger partial charge on any atom is 0.226 e. The number of ether oxygens (including phenoxy) is 3. The summed E-state index contributed by atoms with van der Waals surface area (Å²) in [6, 6.07) is 5.38. The van der Waals surface area contributed by atoms with Crippen LogP contribution in [0, 0.1) is 5.41 Å². The lowest BCUT2D eigenvalue weighted by Crippen LogP contribution is -2.39. The number of halogens is 1. The molecule has 0 saturated carbocycles. The molecule has 1 amide bonds. The van der Waals surface area contributed by atoms with Crippen molar-refractivity contribution in [3.05, 3.63) is 18.2 Å². The minimum absolute atomic E-state index is 0.0984. The van der Waals surface area contributed by atoms with Gasteiger partial charge in [0.2, 0.25) is 11.7 Å². The number of carbonyl (C=O) groups is 1. The first-order chi connectivity index (χ1) is 9.96. The molecule has 1 aromatic rings. The fourth-order valence-corrected chi connectivity index (χ4v) is 1.72. The van der Waals surface area contributed by atoms with E-state index in [1.165, 1.54) is 0 Å². The third-order valence-electron chi connectivity index (χ3n) is 2.96. The molecule has 0 radical (unpaired) electrons. The summed E-state index contributed by atoms with van der Waals surface area (Å²) < 4.78 is 16.1. The summed E-state index contributed by atoms with van der Waals surface area (Å²) in [4.78, 5) is 11.8. The number of methoxy groups -OCH3 is 2. The van der Waals surface area contributed by atoms with Crippen molar-refractivity contribution in [2.24, 2.45) is 5.41 Å². The van der Waals surface area contributed by atoms with Crippen LogP contribution in [0.1, 0.15) is 13.8 Å². The molecule has 0 heterocycles. The summed E-state index contributed by atoms with van der Waals surface area (Å²) in [6.45, 7) is 4.30. The van der Waals surface area contributed by atoms with E-state index in [9.17, 15) is 4.79 Å². The smallest absolute Gasteiger partial charge is 0.226 e. The Morgan fingerprint density at radius 3 is 2.48 bits per heavy atom. The molecule has 1 rings (SSSR count). The lowest BCUT2D eigenvalue weighted by Gasteiger charge is -2.20. The number of hydrogen-bond donors (Lipinski definition) is 1. The summed E-state index contributed by atoms with van der Waals surface area (Å²) in [5.41, 5.74) is -0.588. The van der Waals surface area contributed by atoms with Gasteiger partial charge in [-0.3, -0.25) is 4.79 Å². The predicted molar refractivity (Wildman–Crippen MR) is 82.6 cm³/mol. The molecule has 21 heavy (non-hydrogen) atoms. The summed E-state index contributed by atoms with van der Waals surface area (Å²) in [6.07, 6.45) is 0. The van der Waals surface area contributed by atoms with Gasteiger partial charge in [-0.15, -0.1) is 11.6 Å².